The average molecular weight is 188 g/mol. The van der Waals surface area contributed by atoms with Crippen LogP contribution >= 0.6 is 0 Å². The van der Waals surface area contributed by atoms with Crippen LogP contribution in [-0.2, 0) is 9.53 Å². The van der Waals surface area contributed by atoms with Crippen LogP contribution in [0.5, 0.6) is 0 Å². The molecule has 4 nitrogen and oxygen atoms in total. The summed E-state index contributed by atoms with van der Waals surface area (Å²) in [6, 6.07) is 0. The third kappa shape index (κ3) is 3.74. The second-order valence-electron chi connectivity index (χ2n) is 3.06. The highest BCUT2D eigenvalue weighted by atomic mass is 16.5. The summed E-state index contributed by atoms with van der Waals surface area (Å²) in [6.07, 6.45) is 1.66. The fraction of sp³-hybridized carbons (Fsp3) is 0.889. The quantitative estimate of drug-likeness (QED) is 0.628. The summed E-state index contributed by atoms with van der Waals surface area (Å²) in [6.45, 7) is 4.58. The number of rotatable bonds is 6. The number of hydrogen-bond donors (Lipinski definition) is 2. The van der Waals surface area contributed by atoms with Crippen LogP contribution in [0.2, 0.25) is 0 Å². The first-order valence-electron chi connectivity index (χ1n) is 4.68. The molecule has 0 aliphatic heterocycles. The molecule has 0 aromatic heterocycles. The fourth-order valence-electron chi connectivity index (χ4n) is 1.09. The third-order valence-electron chi connectivity index (χ3n) is 2.45. The van der Waals surface area contributed by atoms with Crippen LogP contribution < -0.4 is 11.1 Å². The summed E-state index contributed by atoms with van der Waals surface area (Å²) in [4.78, 5) is 10.9. The minimum Gasteiger partial charge on any atom is -0.364 e. The van der Waals surface area contributed by atoms with E-state index in [4.69, 9.17) is 10.5 Å². The highest BCUT2D eigenvalue weighted by Crippen LogP contribution is 2.18. The second-order valence-corrected chi connectivity index (χ2v) is 3.06. The zero-order valence-corrected chi connectivity index (χ0v) is 8.72. The first kappa shape index (κ1) is 12.4. The Morgan fingerprint density at radius 2 is 2.00 bits per heavy atom. The van der Waals surface area contributed by atoms with Crippen LogP contribution in [0.25, 0.3) is 0 Å². The third-order valence-corrected chi connectivity index (χ3v) is 2.45. The van der Waals surface area contributed by atoms with Crippen LogP contribution in [0.3, 0.4) is 0 Å². The molecule has 0 saturated heterocycles. The Morgan fingerprint density at radius 1 is 1.46 bits per heavy atom. The summed E-state index contributed by atoms with van der Waals surface area (Å²) >= 11 is 0. The largest absolute Gasteiger partial charge is 0.364 e. The molecule has 0 aromatic rings. The maximum Gasteiger partial charge on any atom is 0.245 e. The Morgan fingerprint density at radius 3 is 2.31 bits per heavy atom. The standard InChI is InChI=1S/C9H20N2O2/c1-4-9(5-2,7-10)13-6-8(12)11-3/h4-7,10H2,1-3H3,(H,11,12). The summed E-state index contributed by atoms with van der Waals surface area (Å²) in [5, 5.41) is 2.51. The predicted octanol–water partition coefficient (Wildman–Crippen LogP) is 0.267. The van der Waals surface area contributed by atoms with Crippen LogP contribution in [0.4, 0.5) is 0 Å². The molecule has 0 bridgehead atoms. The number of likely N-dealkylation sites (N-methyl/N-ethyl adjacent to an activating group) is 1. The van der Waals surface area contributed by atoms with E-state index in [1.807, 2.05) is 13.8 Å². The first-order chi connectivity index (χ1) is 6.14. The first-order valence-corrected chi connectivity index (χ1v) is 4.68. The molecule has 1 amide bonds. The van der Waals surface area contributed by atoms with Crippen molar-refractivity contribution in [2.75, 3.05) is 20.2 Å². The van der Waals surface area contributed by atoms with Crippen LogP contribution in [0.15, 0.2) is 0 Å². The maximum atomic E-state index is 10.9. The van der Waals surface area contributed by atoms with Gasteiger partial charge in [0.05, 0.1) is 5.60 Å². The van der Waals surface area contributed by atoms with E-state index >= 15 is 0 Å². The van der Waals surface area contributed by atoms with Crippen molar-refractivity contribution in [3.05, 3.63) is 0 Å². The van der Waals surface area contributed by atoms with E-state index in [-0.39, 0.29) is 18.1 Å². The molecule has 0 radical (unpaired) electrons. The number of nitrogens with one attached hydrogen (secondary N) is 1. The molecule has 0 unspecified atom stereocenters. The summed E-state index contributed by atoms with van der Waals surface area (Å²) < 4.78 is 5.49. The maximum absolute atomic E-state index is 10.9. The molecule has 3 N–H and O–H groups in total. The summed E-state index contributed by atoms with van der Waals surface area (Å²) in [7, 11) is 1.59. The monoisotopic (exact) mass is 188 g/mol. The molecule has 0 fully saturated rings. The second kappa shape index (κ2) is 5.94. The van der Waals surface area contributed by atoms with Gasteiger partial charge in [-0.05, 0) is 12.8 Å². The van der Waals surface area contributed by atoms with Gasteiger partial charge in [-0.1, -0.05) is 13.8 Å². The van der Waals surface area contributed by atoms with Gasteiger partial charge in [0.25, 0.3) is 0 Å². The van der Waals surface area contributed by atoms with Gasteiger partial charge < -0.3 is 15.8 Å². The van der Waals surface area contributed by atoms with Crippen LogP contribution in [-0.4, -0.2) is 31.7 Å². The lowest BCUT2D eigenvalue weighted by Crippen LogP contribution is -2.42. The number of ether oxygens (including phenoxy) is 1. The minimum absolute atomic E-state index is 0.0926. The lowest BCUT2D eigenvalue weighted by Gasteiger charge is -2.29. The SMILES string of the molecule is CCC(CC)(CN)OCC(=O)NC. The lowest BCUT2D eigenvalue weighted by molar-refractivity contribution is -0.132. The van der Waals surface area contributed by atoms with Crippen molar-refractivity contribution in [2.24, 2.45) is 5.73 Å². The number of amides is 1. The highest BCUT2D eigenvalue weighted by molar-refractivity contribution is 5.76. The molecule has 0 rings (SSSR count). The molecule has 4 heteroatoms. The summed E-state index contributed by atoms with van der Waals surface area (Å²) in [5.41, 5.74) is 5.27. The normalized spacial score (nSPS) is 11.4. The smallest absolute Gasteiger partial charge is 0.245 e. The van der Waals surface area contributed by atoms with Crippen molar-refractivity contribution >= 4 is 5.91 Å². The molecule has 0 aromatic carbocycles. The van der Waals surface area contributed by atoms with Crippen molar-refractivity contribution < 1.29 is 9.53 Å². The molecule has 0 atom stereocenters. The Balaban J connectivity index is 4.02. The molecule has 0 aliphatic rings. The molecule has 0 saturated carbocycles. The Labute approximate surface area is 79.8 Å². The molecule has 0 aliphatic carbocycles. The van der Waals surface area contributed by atoms with Gasteiger partial charge in [-0.3, -0.25) is 4.79 Å². The molecule has 0 spiro atoms. The van der Waals surface area contributed by atoms with E-state index in [1.165, 1.54) is 0 Å². The predicted molar refractivity (Wildman–Crippen MR) is 52.4 cm³/mol. The topological polar surface area (TPSA) is 64.3 Å². The Hall–Kier alpha value is -0.610. The van der Waals surface area contributed by atoms with E-state index in [1.54, 1.807) is 7.05 Å². The van der Waals surface area contributed by atoms with Gasteiger partial charge in [0.1, 0.15) is 6.61 Å². The van der Waals surface area contributed by atoms with Gasteiger partial charge >= 0.3 is 0 Å². The molecular weight excluding hydrogens is 168 g/mol. The zero-order valence-electron chi connectivity index (χ0n) is 8.72. The number of nitrogens with two attached hydrogens (primary N) is 1. The molecule has 13 heavy (non-hydrogen) atoms. The number of hydrogen-bond acceptors (Lipinski definition) is 3. The lowest BCUT2D eigenvalue weighted by atomic mass is 9.97. The van der Waals surface area contributed by atoms with E-state index in [0.717, 1.165) is 12.8 Å². The van der Waals surface area contributed by atoms with Crippen molar-refractivity contribution in [3.8, 4) is 0 Å². The Kier molecular flexibility index (Phi) is 5.66. The number of carbonyl (C=O) groups is 1. The minimum atomic E-state index is -0.327. The fourth-order valence-corrected chi connectivity index (χ4v) is 1.09. The van der Waals surface area contributed by atoms with Gasteiger partial charge in [-0.15, -0.1) is 0 Å². The van der Waals surface area contributed by atoms with Gasteiger partial charge in [0, 0.05) is 13.6 Å². The molecular formula is C9H20N2O2. The van der Waals surface area contributed by atoms with Gasteiger partial charge in [0.2, 0.25) is 5.91 Å². The van der Waals surface area contributed by atoms with Gasteiger partial charge in [-0.25, -0.2) is 0 Å². The van der Waals surface area contributed by atoms with Crippen LogP contribution in [0.1, 0.15) is 26.7 Å². The summed E-state index contributed by atoms with van der Waals surface area (Å²) in [5.74, 6) is -0.111. The zero-order chi connectivity index (χ0) is 10.3. The van der Waals surface area contributed by atoms with Gasteiger partial charge in [-0.2, -0.15) is 0 Å². The van der Waals surface area contributed by atoms with Crippen molar-refractivity contribution in [2.45, 2.75) is 32.3 Å². The number of carbonyl (C=O) groups excluding carboxylic acids is 1. The molecule has 0 heterocycles. The van der Waals surface area contributed by atoms with E-state index < -0.39 is 0 Å². The van der Waals surface area contributed by atoms with Crippen LogP contribution in [0, 0.1) is 0 Å². The highest BCUT2D eigenvalue weighted by Gasteiger charge is 2.25. The van der Waals surface area contributed by atoms with Crippen molar-refractivity contribution in [1.29, 1.82) is 0 Å². The van der Waals surface area contributed by atoms with Crippen molar-refractivity contribution in [1.82, 2.24) is 5.32 Å². The van der Waals surface area contributed by atoms with Gasteiger partial charge in [0.15, 0.2) is 0 Å². The van der Waals surface area contributed by atoms with E-state index in [9.17, 15) is 4.79 Å². The van der Waals surface area contributed by atoms with E-state index in [0.29, 0.717) is 6.54 Å². The van der Waals surface area contributed by atoms with Crippen molar-refractivity contribution in [3.63, 3.8) is 0 Å². The van der Waals surface area contributed by atoms with E-state index in [2.05, 4.69) is 5.32 Å². The average Bonchev–Trinajstić information content (AvgIpc) is 2.20. The Bertz CT molecular complexity index is 147. The molecule has 78 valence electrons.